The molecule has 6 nitrogen and oxygen atoms in total. The largest absolute Gasteiger partial charge is 0.492 e. The van der Waals surface area contributed by atoms with Crippen molar-refractivity contribution in [2.24, 2.45) is 0 Å². The first-order valence-electron chi connectivity index (χ1n) is 12.0. The maximum Gasteiger partial charge on any atom is 0.262 e. The van der Waals surface area contributed by atoms with E-state index in [9.17, 15) is 4.79 Å². The molecule has 3 N–H and O–H groups in total. The molecule has 0 unspecified atom stereocenters. The summed E-state index contributed by atoms with van der Waals surface area (Å²) in [4.78, 5) is 14.2. The number of ether oxygens (including phenoxy) is 3. The molecule has 0 fully saturated rings. The first-order valence-corrected chi connectivity index (χ1v) is 12.9. The number of hydrogen-bond acceptors (Lipinski definition) is 6. The molecule has 35 heavy (non-hydrogen) atoms. The van der Waals surface area contributed by atoms with Crippen LogP contribution in [0.5, 0.6) is 17.2 Å². The van der Waals surface area contributed by atoms with Gasteiger partial charge >= 0.3 is 0 Å². The second kappa shape index (κ2) is 14.2. The fourth-order valence-electron chi connectivity index (χ4n) is 3.12. The Kier molecular flexibility index (Phi) is 10.6. The molecule has 0 heterocycles. The van der Waals surface area contributed by atoms with Gasteiger partial charge in [0.25, 0.3) is 5.91 Å². The minimum Gasteiger partial charge on any atom is -0.492 e. The average Bonchev–Trinajstić information content (AvgIpc) is 2.87. The van der Waals surface area contributed by atoms with Crippen LogP contribution in [0.3, 0.4) is 0 Å². The van der Waals surface area contributed by atoms with Crippen LogP contribution in [0.15, 0.2) is 76.5 Å². The molecule has 7 heteroatoms. The first kappa shape index (κ1) is 26.3. The molecule has 1 amide bonds. The van der Waals surface area contributed by atoms with Gasteiger partial charge in [-0.3, -0.25) is 4.79 Å². The maximum absolute atomic E-state index is 12.2. The molecular formula is C28H34N2O4S. The Labute approximate surface area is 212 Å². The topological polar surface area (TPSA) is 82.8 Å². The normalized spacial score (nSPS) is 10.6. The number of carbonyl (C=O) groups excluding carboxylic acids is 1. The molecule has 0 saturated heterocycles. The van der Waals surface area contributed by atoms with Crippen LogP contribution in [-0.2, 0) is 4.79 Å². The number of nitrogen functional groups attached to an aromatic ring is 1. The van der Waals surface area contributed by atoms with Gasteiger partial charge in [0.05, 0.1) is 23.8 Å². The van der Waals surface area contributed by atoms with E-state index in [0.29, 0.717) is 36.1 Å². The summed E-state index contributed by atoms with van der Waals surface area (Å²) in [5.41, 5.74) is 7.51. The van der Waals surface area contributed by atoms with Gasteiger partial charge in [-0.2, -0.15) is 0 Å². The van der Waals surface area contributed by atoms with Crippen LogP contribution in [-0.4, -0.2) is 25.7 Å². The van der Waals surface area contributed by atoms with E-state index in [-0.39, 0.29) is 12.5 Å². The molecule has 0 aliphatic carbocycles. The SMILES string of the molecule is CCCCOc1cc(Sc2ccc(NC(=O)COc3ccccc3)cc2)c(OCCCC)cc1N. The third kappa shape index (κ3) is 8.76. The summed E-state index contributed by atoms with van der Waals surface area (Å²) in [5, 5.41) is 2.86. The van der Waals surface area contributed by atoms with Gasteiger partial charge in [-0.1, -0.05) is 56.7 Å². The van der Waals surface area contributed by atoms with Gasteiger partial charge in [-0.05, 0) is 55.3 Å². The number of nitrogens with two attached hydrogens (primary N) is 1. The second-order valence-corrected chi connectivity index (χ2v) is 9.13. The van der Waals surface area contributed by atoms with Crippen molar-refractivity contribution in [2.45, 2.75) is 49.3 Å². The molecule has 0 aromatic heterocycles. The average molecular weight is 495 g/mol. The fraction of sp³-hybridized carbons (Fsp3) is 0.321. The molecule has 0 radical (unpaired) electrons. The van der Waals surface area contributed by atoms with E-state index in [4.69, 9.17) is 19.9 Å². The zero-order valence-corrected chi connectivity index (χ0v) is 21.2. The Bertz CT molecular complexity index is 1060. The van der Waals surface area contributed by atoms with Crippen molar-refractivity contribution in [3.8, 4) is 17.2 Å². The molecular weight excluding hydrogens is 460 g/mol. The van der Waals surface area contributed by atoms with E-state index in [0.717, 1.165) is 41.2 Å². The summed E-state index contributed by atoms with van der Waals surface area (Å²) in [6.45, 7) is 5.47. The van der Waals surface area contributed by atoms with Crippen LogP contribution in [0, 0.1) is 0 Å². The minimum atomic E-state index is -0.215. The molecule has 0 bridgehead atoms. The third-order valence-electron chi connectivity index (χ3n) is 5.07. The summed E-state index contributed by atoms with van der Waals surface area (Å²) >= 11 is 1.57. The first-order chi connectivity index (χ1) is 17.1. The molecule has 0 spiro atoms. The molecule has 186 valence electrons. The lowest BCUT2D eigenvalue weighted by Gasteiger charge is -2.16. The van der Waals surface area contributed by atoms with E-state index >= 15 is 0 Å². The highest BCUT2D eigenvalue weighted by atomic mass is 32.2. The molecule has 0 saturated carbocycles. The number of nitrogens with one attached hydrogen (secondary N) is 1. The van der Waals surface area contributed by atoms with E-state index in [2.05, 4.69) is 19.2 Å². The number of hydrogen-bond donors (Lipinski definition) is 2. The Morgan fingerprint density at radius 1 is 0.857 bits per heavy atom. The Hall–Kier alpha value is -3.32. The summed E-state index contributed by atoms with van der Waals surface area (Å²) < 4.78 is 17.4. The molecule has 3 aromatic carbocycles. The van der Waals surface area contributed by atoms with Crippen LogP contribution in [0.2, 0.25) is 0 Å². The lowest BCUT2D eigenvalue weighted by atomic mass is 10.2. The molecule has 0 aliphatic rings. The predicted molar refractivity (Wildman–Crippen MR) is 143 cm³/mol. The van der Waals surface area contributed by atoms with Crippen LogP contribution in [0.1, 0.15) is 39.5 Å². The monoisotopic (exact) mass is 494 g/mol. The van der Waals surface area contributed by atoms with Gasteiger partial charge in [0.2, 0.25) is 0 Å². The lowest BCUT2D eigenvalue weighted by molar-refractivity contribution is -0.118. The molecule has 3 rings (SSSR count). The van der Waals surface area contributed by atoms with Crippen LogP contribution < -0.4 is 25.3 Å². The molecule has 3 aromatic rings. The quantitative estimate of drug-likeness (QED) is 0.190. The van der Waals surface area contributed by atoms with E-state index in [1.54, 1.807) is 11.8 Å². The number of rotatable bonds is 14. The smallest absolute Gasteiger partial charge is 0.262 e. The van der Waals surface area contributed by atoms with Gasteiger partial charge in [0, 0.05) is 16.6 Å². The van der Waals surface area contributed by atoms with Crippen molar-refractivity contribution in [3.63, 3.8) is 0 Å². The molecule has 0 aliphatic heterocycles. The standard InChI is InChI=1S/C28H34N2O4S/c1-3-5-16-32-25-19-27(26(18-24(25)29)33-17-6-4-2)35-23-14-12-21(13-15-23)30-28(31)20-34-22-10-8-7-9-11-22/h7-15,18-19H,3-6,16-17,20,29H2,1-2H3,(H,30,31). The van der Waals surface area contributed by atoms with Gasteiger partial charge in [-0.15, -0.1) is 0 Å². The summed E-state index contributed by atoms with van der Waals surface area (Å²) in [5.74, 6) is 1.87. The van der Waals surface area contributed by atoms with E-state index < -0.39 is 0 Å². The predicted octanol–water partition coefficient (Wildman–Crippen LogP) is 6.80. The summed E-state index contributed by atoms with van der Waals surface area (Å²) in [6, 6.07) is 20.7. The highest BCUT2D eigenvalue weighted by molar-refractivity contribution is 7.99. The van der Waals surface area contributed by atoms with Crippen LogP contribution in [0.25, 0.3) is 0 Å². The van der Waals surface area contributed by atoms with E-state index in [1.807, 2.05) is 66.7 Å². The molecule has 0 atom stereocenters. The zero-order valence-electron chi connectivity index (χ0n) is 20.4. The number of carbonyl (C=O) groups is 1. The number of benzene rings is 3. The number of amides is 1. The fourth-order valence-corrected chi connectivity index (χ4v) is 4.03. The van der Waals surface area contributed by atoms with E-state index in [1.165, 1.54) is 0 Å². The van der Waals surface area contributed by atoms with Crippen molar-refractivity contribution in [1.82, 2.24) is 0 Å². The Balaban J connectivity index is 1.64. The van der Waals surface area contributed by atoms with Gasteiger partial charge in [0.15, 0.2) is 6.61 Å². The Morgan fingerprint density at radius 3 is 2.17 bits per heavy atom. The number of para-hydroxylation sites is 1. The van der Waals surface area contributed by atoms with Crippen LogP contribution >= 0.6 is 11.8 Å². The second-order valence-electron chi connectivity index (χ2n) is 8.02. The van der Waals surface area contributed by atoms with Crippen LogP contribution in [0.4, 0.5) is 11.4 Å². The van der Waals surface area contributed by atoms with Gasteiger partial charge < -0.3 is 25.3 Å². The highest BCUT2D eigenvalue weighted by Gasteiger charge is 2.13. The zero-order chi connectivity index (χ0) is 24.9. The third-order valence-corrected chi connectivity index (χ3v) is 6.11. The highest BCUT2D eigenvalue weighted by Crippen LogP contribution is 2.41. The minimum absolute atomic E-state index is 0.0504. The Morgan fingerprint density at radius 2 is 1.51 bits per heavy atom. The maximum atomic E-state index is 12.2. The number of anilines is 2. The lowest BCUT2D eigenvalue weighted by Crippen LogP contribution is -2.20. The van der Waals surface area contributed by atoms with Crippen molar-refractivity contribution in [2.75, 3.05) is 30.9 Å². The van der Waals surface area contributed by atoms with Crippen molar-refractivity contribution in [1.29, 1.82) is 0 Å². The summed E-state index contributed by atoms with van der Waals surface area (Å²) in [6.07, 6.45) is 4.06. The van der Waals surface area contributed by atoms with Crippen molar-refractivity contribution >= 4 is 29.0 Å². The summed E-state index contributed by atoms with van der Waals surface area (Å²) in [7, 11) is 0. The number of unbranched alkanes of at least 4 members (excludes halogenated alkanes) is 2. The van der Waals surface area contributed by atoms with Crippen molar-refractivity contribution < 1.29 is 19.0 Å². The van der Waals surface area contributed by atoms with Gasteiger partial charge in [-0.25, -0.2) is 0 Å². The van der Waals surface area contributed by atoms with Gasteiger partial charge in [0.1, 0.15) is 17.2 Å². The van der Waals surface area contributed by atoms with Crippen molar-refractivity contribution in [3.05, 3.63) is 66.7 Å².